The zero-order valence-electron chi connectivity index (χ0n) is 12.2. The van der Waals surface area contributed by atoms with E-state index in [1.54, 1.807) is 0 Å². The number of aliphatic carboxylic acids is 1. The Hall–Kier alpha value is -2.76. The molecule has 0 saturated heterocycles. The highest BCUT2D eigenvalue weighted by Crippen LogP contribution is 1.98. The zero-order chi connectivity index (χ0) is 18.0. The summed E-state index contributed by atoms with van der Waals surface area (Å²) in [6, 6.07) is -2.32. The number of amides is 1. The fourth-order valence-electron chi connectivity index (χ4n) is 1.27. The van der Waals surface area contributed by atoms with E-state index >= 15 is 0 Å². The molecular formula is C11H17N3O9. The van der Waals surface area contributed by atoms with Crippen LogP contribution in [0.5, 0.6) is 0 Å². The van der Waals surface area contributed by atoms with Crippen LogP contribution in [0.3, 0.4) is 0 Å². The molecule has 0 aromatic carbocycles. The average molecular weight is 335 g/mol. The summed E-state index contributed by atoms with van der Waals surface area (Å²) in [5.74, 6) is -3.99. The normalized spacial score (nSPS) is 12.6. The first-order chi connectivity index (χ1) is 10.6. The van der Waals surface area contributed by atoms with Gasteiger partial charge in [0.05, 0.1) is 6.04 Å². The van der Waals surface area contributed by atoms with Gasteiger partial charge in [-0.15, -0.1) is 10.1 Å². The summed E-state index contributed by atoms with van der Waals surface area (Å²) < 4.78 is 4.54. The Morgan fingerprint density at radius 2 is 1.91 bits per heavy atom. The van der Waals surface area contributed by atoms with Crippen LogP contribution in [0.25, 0.3) is 0 Å². The highest BCUT2D eigenvalue weighted by Gasteiger charge is 2.20. The number of nitrogens with one attached hydrogen (secondary N) is 1. The van der Waals surface area contributed by atoms with Gasteiger partial charge in [0.1, 0.15) is 19.3 Å². The molecule has 130 valence electrons. The number of nitrogens with zero attached hydrogens (tertiary/aromatic N) is 1. The van der Waals surface area contributed by atoms with E-state index in [0.29, 0.717) is 0 Å². The molecule has 0 radical (unpaired) electrons. The van der Waals surface area contributed by atoms with Crippen molar-refractivity contribution in [3.8, 4) is 0 Å². The third-order valence-electron chi connectivity index (χ3n) is 2.45. The van der Waals surface area contributed by atoms with Gasteiger partial charge in [-0.2, -0.15) is 0 Å². The SMILES string of the molecule is CC(=O)C(=O)OCC(CO[N+](=O)[O-])NC(=O)CC[C@H](N)C(=O)O. The number of rotatable bonds is 11. The molecule has 1 unspecified atom stereocenters. The van der Waals surface area contributed by atoms with Crippen LogP contribution in [-0.4, -0.2) is 59.1 Å². The van der Waals surface area contributed by atoms with E-state index in [-0.39, 0.29) is 12.8 Å². The van der Waals surface area contributed by atoms with Gasteiger partial charge >= 0.3 is 11.9 Å². The Balaban J connectivity index is 4.45. The average Bonchev–Trinajstić information content (AvgIpc) is 2.46. The zero-order valence-corrected chi connectivity index (χ0v) is 12.2. The number of ether oxygens (including phenoxy) is 1. The monoisotopic (exact) mass is 335 g/mol. The molecule has 2 atom stereocenters. The molecule has 0 aliphatic rings. The van der Waals surface area contributed by atoms with Crippen LogP contribution in [-0.2, 0) is 28.8 Å². The first-order valence-corrected chi connectivity index (χ1v) is 6.36. The predicted octanol–water partition coefficient (Wildman–Crippen LogP) is -2.00. The first-order valence-electron chi connectivity index (χ1n) is 6.36. The molecule has 0 aliphatic heterocycles. The lowest BCUT2D eigenvalue weighted by Gasteiger charge is -2.17. The third-order valence-corrected chi connectivity index (χ3v) is 2.45. The molecule has 0 saturated carbocycles. The Bertz CT molecular complexity index is 479. The van der Waals surface area contributed by atoms with Gasteiger partial charge in [-0.05, 0) is 6.42 Å². The first kappa shape index (κ1) is 20.2. The largest absolute Gasteiger partial charge is 0.480 e. The van der Waals surface area contributed by atoms with Crippen LogP contribution < -0.4 is 11.1 Å². The molecule has 0 bridgehead atoms. The number of hydrogen-bond donors (Lipinski definition) is 3. The number of nitrogens with two attached hydrogens (primary N) is 1. The van der Waals surface area contributed by atoms with Gasteiger partial charge in [0.15, 0.2) is 0 Å². The van der Waals surface area contributed by atoms with Gasteiger partial charge in [-0.1, -0.05) is 0 Å². The second-order valence-electron chi connectivity index (χ2n) is 4.42. The van der Waals surface area contributed by atoms with Gasteiger partial charge in [-0.25, -0.2) is 4.79 Å². The molecule has 12 heteroatoms. The number of Topliss-reactive ketones (excluding diaryl/α,β-unsaturated/α-hetero) is 1. The second kappa shape index (κ2) is 10.0. The Morgan fingerprint density at radius 3 is 2.39 bits per heavy atom. The number of hydrogen-bond acceptors (Lipinski definition) is 9. The van der Waals surface area contributed by atoms with Crippen molar-refractivity contribution in [1.82, 2.24) is 5.32 Å². The molecule has 0 spiro atoms. The van der Waals surface area contributed by atoms with Gasteiger partial charge in [0, 0.05) is 13.3 Å². The summed E-state index contributed by atoms with van der Waals surface area (Å²) in [4.78, 5) is 58.1. The van der Waals surface area contributed by atoms with Crippen LogP contribution in [0.4, 0.5) is 0 Å². The minimum atomic E-state index is -1.28. The molecule has 0 fully saturated rings. The van der Waals surface area contributed by atoms with Crippen molar-refractivity contribution in [2.24, 2.45) is 5.73 Å². The van der Waals surface area contributed by atoms with E-state index in [1.165, 1.54) is 0 Å². The minimum absolute atomic E-state index is 0.156. The van der Waals surface area contributed by atoms with E-state index in [0.717, 1.165) is 6.92 Å². The van der Waals surface area contributed by atoms with Gasteiger partial charge in [-0.3, -0.25) is 14.4 Å². The standard InChI is InChI=1S/C11H17N3O9/c1-6(15)11(19)22-4-7(5-23-14(20)21)13-9(16)3-2-8(12)10(17)18/h7-8H,2-5,12H2,1H3,(H,13,16)(H,17,18)/t7?,8-/m0/s1. The Kier molecular flexibility index (Phi) is 8.84. The molecule has 23 heavy (non-hydrogen) atoms. The van der Waals surface area contributed by atoms with Crippen molar-refractivity contribution in [3.05, 3.63) is 10.1 Å². The van der Waals surface area contributed by atoms with Crippen LogP contribution in [0, 0.1) is 10.1 Å². The Labute approximate surface area is 130 Å². The summed E-state index contributed by atoms with van der Waals surface area (Å²) in [7, 11) is 0. The van der Waals surface area contributed by atoms with E-state index < -0.39 is 54.0 Å². The van der Waals surface area contributed by atoms with Crippen molar-refractivity contribution in [2.75, 3.05) is 13.2 Å². The number of ketones is 1. The number of carbonyl (C=O) groups excluding carboxylic acids is 3. The maximum Gasteiger partial charge on any atom is 0.374 e. The van der Waals surface area contributed by atoms with Crippen molar-refractivity contribution in [3.63, 3.8) is 0 Å². The van der Waals surface area contributed by atoms with E-state index in [1.807, 2.05) is 0 Å². The summed E-state index contributed by atoms with van der Waals surface area (Å²) in [5.41, 5.74) is 5.23. The van der Waals surface area contributed by atoms with Crippen molar-refractivity contribution in [2.45, 2.75) is 31.8 Å². The number of carboxylic acids is 1. The number of carbonyl (C=O) groups is 4. The lowest BCUT2D eigenvalue weighted by molar-refractivity contribution is -0.758. The van der Waals surface area contributed by atoms with Gasteiger partial charge in [0.25, 0.3) is 5.09 Å². The second-order valence-corrected chi connectivity index (χ2v) is 4.42. The summed E-state index contributed by atoms with van der Waals surface area (Å²) in [6.07, 6.45) is -0.416. The van der Waals surface area contributed by atoms with E-state index in [4.69, 9.17) is 10.8 Å². The highest BCUT2D eigenvalue weighted by atomic mass is 16.9. The number of carboxylic acid groups (broad SMARTS) is 1. The number of esters is 1. The molecule has 12 nitrogen and oxygen atoms in total. The van der Waals surface area contributed by atoms with Crippen molar-refractivity contribution >= 4 is 23.6 Å². The minimum Gasteiger partial charge on any atom is -0.480 e. The fraction of sp³-hybridized carbons (Fsp3) is 0.636. The van der Waals surface area contributed by atoms with E-state index in [9.17, 15) is 29.3 Å². The lowest BCUT2D eigenvalue weighted by atomic mass is 10.1. The highest BCUT2D eigenvalue weighted by molar-refractivity contribution is 6.32. The lowest BCUT2D eigenvalue weighted by Crippen LogP contribution is -2.43. The molecule has 0 aromatic heterocycles. The molecular weight excluding hydrogens is 318 g/mol. The summed E-state index contributed by atoms with van der Waals surface area (Å²) in [6.45, 7) is -0.172. The maximum atomic E-state index is 11.6. The van der Waals surface area contributed by atoms with Crippen LogP contribution in [0.1, 0.15) is 19.8 Å². The van der Waals surface area contributed by atoms with Gasteiger partial charge < -0.3 is 25.7 Å². The molecule has 0 rings (SSSR count). The van der Waals surface area contributed by atoms with Crippen LogP contribution >= 0.6 is 0 Å². The van der Waals surface area contributed by atoms with Crippen LogP contribution in [0.2, 0.25) is 0 Å². The predicted molar refractivity (Wildman–Crippen MR) is 71.4 cm³/mol. The maximum absolute atomic E-state index is 11.6. The molecule has 0 aromatic rings. The summed E-state index contributed by atoms with van der Waals surface area (Å²) in [5, 5.41) is 19.9. The Morgan fingerprint density at radius 1 is 1.30 bits per heavy atom. The fourth-order valence-corrected chi connectivity index (χ4v) is 1.27. The third kappa shape index (κ3) is 9.73. The molecule has 0 aliphatic carbocycles. The van der Waals surface area contributed by atoms with Crippen LogP contribution in [0.15, 0.2) is 0 Å². The van der Waals surface area contributed by atoms with Crippen molar-refractivity contribution < 1.29 is 38.9 Å². The molecule has 1 amide bonds. The molecule has 4 N–H and O–H groups in total. The molecule has 0 heterocycles. The smallest absolute Gasteiger partial charge is 0.374 e. The van der Waals surface area contributed by atoms with E-state index in [2.05, 4.69) is 14.9 Å². The quantitative estimate of drug-likeness (QED) is 0.165. The summed E-state index contributed by atoms with van der Waals surface area (Å²) >= 11 is 0. The van der Waals surface area contributed by atoms with Crippen molar-refractivity contribution in [1.29, 1.82) is 0 Å². The topological polar surface area (TPSA) is 188 Å². The van der Waals surface area contributed by atoms with Gasteiger partial charge in [0.2, 0.25) is 11.7 Å².